The Morgan fingerprint density at radius 1 is 1.35 bits per heavy atom. The number of hydrogen-bond acceptors (Lipinski definition) is 4. The molecule has 0 aromatic carbocycles. The Kier molecular flexibility index (Phi) is 14.1. The third kappa shape index (κ3) is 7.09. The van der Waals surface area contributed by atoms with Gasteiger partial charge >= 0.3 is 0 Å². The fourth-order valence-electron chi connectivity index (χ4n) is 2.49. The van der Waals surface area contributed by atoms with Gasteiger partial charge in [0.25, 0.3) is 0 Å². The van der Waals surface area contributed by atoms with Gasteiger partial charge in [-0.3, -0.25) is 9.69 Å². The van der Waals surface area contributed by atoms with Crippen LogP contribution in [0.4, 0.5) is 0 Å². The summed E-state index contributed by atoms with van der Waals surface area (Å²) in [7, 11) is 1.67. The fraction of sp³-hybridized carbons (Fsp3) is 0.923. The minimum absolute atomic E-state index is 0. The SMILES string of the molecule is CCN(CC)C1CCN(C(=O)CNCCOC)C1.Cl.Cl. The van der Waals surface area contributed by atoms with Crippen LogP contribution in [0.2, 0.25) is 0 Å². The number of hydrogen-bond donors (Lipinski definition) is 1. The molecule has 5 nitrogen and oxygen atoms in total. The number of carbonyl (C=O) groups excluding carboxylic acids is 1. The second kappa shape index (κ2) is 12.7. The van der Waals surface area contributed by atoms with E-state index in [-0.39, 0.29) is 30.7 Å². The van der Waals surface area contributed by atoms with Gasteiger partial charge in [0, 0.05) is 32.8 Å². The summed E-state index contributed by atoms with van der Waals surface area (Å²) in [6, 6.07) is 0.544. The summed E-state index contributed by atoms with van der Waals surface area (Å²) in [6.07, 6.45) is 1.10. The first-order chi connectivity index (χ1) is 8.72. The molecule has 1 saturated heterocycles. The van der Waals surface area contributed by atoms with Gasteiger partial charge in [-0.25, -0.2) is 0 Å². The van der Waals surface area contributed by atoms with Crippen molar-refractivity contribution in [2.45, 2.75) is 26.3 Å². The summed E-state index contributed by atoms with van der Waals surface area (Å²) in [5.41, 5.74) is 0. The Labute approximate surface area is 135 Å². The normalized spacial score (nSPS) is 17.8. The molecule has 1 heterocycles. The molecule has 1 aliphatic heterocycles. The maximum absolute atomic E-state index is 12.0. The van der Waals surface area contributed by atoms with Crippen molar-refractivity contribution < 1.29 is 9.53 Å². The van der Waals surface area contributed by atoms with Crippen LogP contribution >= 0.6 is 24.8 Å². The Bertz CT molecular complexity index is 254. The highest BCUT2D eigenvalue weighted by atomic mass is 35.5. The zero-order chi connectivity index (χ0) is 13.4. The molecule has 1 amide bonds. The van der Waals surface area contributed by atoms with Gasteiger partial charge in [0.15, 0.2) is 0 Å². The summed E-state index contributed by atoms with van der Waals surface area (Å²) in [4.78, 5) is 16.4. The van der Waals surface area contributed by atoms with E-state index < -0.39 is 0 Å². The van der Waals surface area contributed by atoms with Crippen LogP contribution in [0.25, 0.3) is 0 Å². The molecule has 1 unspecified atom stereocenters. The van der Waals surface area contributed by atoms with Crippen molar-refractivity contribution in [1.29, 1.82) is 0 Å². The lowest BCUT2D eigenvalue weighted by Gasteiger charge is -2.26. The summed E-state index contributed by atoms with van der Waals surface area (Å²) in [6.45, 7) is 10.1. The Morgan fingerprint density at radius 3 is 2.55 bits per heavy atom. The molecule has 122 valence electrons. The van der Waals surface area contributed by atoms with E-state index >= 15 is 0 Å². The first-order valence-electron chi connectivity index (χ1n) is 6.94. The van der Waals surface area contributed by atoms with Crippen LogP contribution in [0.3, 0.4) is 0 Å². The van der Waals surface area contributed by atoms with Crippen molar-refractivity contribution in [2.24, 2.45) is 0 Å². The van der Waals surface area contributed by atoms with Crippen LogP contribution in [0.15, 0.2) is 0 Å². The Balaban J connectivity index is 0. The summed E-state index contributed by atoms with van der Waals surface area (Å²) in [5.74, 6) is 0.209. The van der Waals surface area contributed by atoms with Gasteiger partial charge in [-0.1, -0.05) is 13.8 Å². The van der Waals surface area contributed by atoms with Crippen molar-refractivity contribution in [3.8, 4) is 0 Å². The maximum atomic E-state index is 12.0. The number of rotatable bonds is 8. The van der Waals surface area contributed by atoms with Gasteiger partial charge < -0.3 is 15.0 Å². The average Bonchev–Trinajstić information content (AvgIpc) is 2.86. The number of amides is 1. The van der Waals surface area contributed by atoms with E-state index in [1.165, 1.54) is 0 Å². The smallest absolute Gasteiger partial charge is 0.236 e. The number of methoxy groups -OCH3 is 1. The minimum Gasteiger partial charge on any atom is -0.383 e. The van der Waals surface area contributed by atoms with Gasteiger partial charge in [-0.05, 0) is 19.5 Å². The van der Waals surface area contributed by atoms with Crippen molar-refractivity contribution >= 4 is 30.7 Å². The molecule has 1 N–H and O–H groups in total. The third-order valence-corrected chi connectivity index (χ3v) is 3.60. The minimum atomic E-state index is 0. The fourth-order valence-corrected chi connectivity index (χ4v) is 2.49. The number of nitrogens with zero attached hydrogens (tertiary/aromatic N) is 2. The molecule has 0 aromatic rings. The maximum Gasteiger partial charge on any atom is 0.236 e. The second-order valence-electron chi connectivity index (χ2n) is 4.67. The lowest BCUT2D eigenvalue weighted by atomic mass is 10.2. The quantitative estimate of drug-likeness (QED) is 0.675. The molecule has 0 saturated carbocycles. The van der Waals surface area contributed by atoms with Crippen molar-refractivity contribution in [1.82, 2.24) is 15.1 Å². The summed E-state index contributed by atoms with van der Waals surface area (Å²) < 4.78 is 4.93. The second-order valence-corrected chi connectivity index (χ2v) is 4.67. The zero-order valence-electron chi connectivity index (χ0n) is 12.8. The van der Waals surface area contributed by atoms with E-state index in [0.717, 1.165) is 39.1 Å². The molecule has 7 heteroatoms. The molecule has 0 radical (unpaired) electrons. The number of halogens is 2. The van der Waals surface area contributed by atoms with Crippen LogP contribution < -0.4 is 5.32 Å². The van der Waals surface area contributed by atoms with E-state index in [9.17, 15) is 4.79 Å². The van der Waals surface area contributed by atoms with Gasteiger partial charge in [-0.2, -0.15) is 0 Å². The van der Waals surface area contributed by atoms with Crippen LogP contribution in [0.1, 0.15) is 20.3 Å². The first kappa shape index (κ1) is 22.2. The van der Waals surface area contributed by atoms with Gasteiger partial charge in [0.05, 0.1) is 13.2 Å². The van der Waals surface area contributed by atoms with Gasteiger partial charge in [-0.15, -0.1) is 24.8 Å². The van der Waals surface area contributed by atoms with Crippen molar-refractivity contribution in [3.63, 3.8) is 0 Å². The molecule has 1 atom stereocenters. The standard InChI is InChI=1S/C13H27N3O2.2ClH/c1-4-15(5-2)12-6-8-16(11-12)13(17)10-14-7-9-18-3;;/h12,14H,4-11H2,1-3H3;2*1H. The predicted molar refractivity (Wildman–Crippen MR) is 87.1 cm³/mol. The van der Waals surface area contributed by atoms with E-state index in [1.807, 2.05) is 4.90 Å². The monoisotopic (exact) mass is 329 g/mol. The van der Waals surface area contributed by atoms with Gasteiger partial charge in [0.1, 0.15) is 0 Å². The summed E-state index contributed by atoms with van der Waals surface area (Å²) in [5, 5.41) is 3.11. The van der Waals surface area contributed by atoms with Crippen LogP contribution in [-0.4, -0.2) is 74.7 Å². The number of ether oxygens (including phenoxy) is 1. The predicted octanol–water partition coefficient (Wildman–Crippen LogP) is 1.01. The molecule has 0 aromatic heterocycles. The Hall–Kier alpha value is -0.0700. The van der Waals surface area contributed by atoms with Crippen LogP contribution in [-0.2, 0) is 9.53 Å². The molecule has 1 rings (SSSR count). The van der Waals surface area contributed by atoms with E-state index in [4.69, 9.17) is 4.74 Å². The lowest BCUT2D eigenvalue weighted by molar-refractivity contribution is -0.129. The average molecular weight is 330 g/mol. The molecule has 0 bridgehead atoms. The number of likely N-dealkylation sites (tertiary alicyclic amines) is 1. The van der Waals surface area contributed by atoms with Crippen molar-refractivity contribution in [3.05, 3.63) is 0 Å². The molecule has 0 aliphatic carbocycles. The highest BCUT2D eigenvalue weighted by molar-refractivity contribution is 5.85. The van der Waals surface area contributed by atoms with Crippen LogP contribution in [0, 0.1) is 0 Å². The number of likely N-dealkylation sites (N-methyl/N-ethyl adjacent to an activating group) is 1. The molecular formula is C13H29Cl2N3O2. The third-order valence-electron chi connectivity index (χ3n) is 3.60. The van der Waals surface area contributed by atoms with E-state index in [2.05, 4.69) is 24.1 Å². The summed E-state index contributed by atoms with van der Waals surface area (Å²) >= 11 is 0. The number of nitrogens with one attached hydrogen (secondary N) is 1. The van der Waals surface area contributed by atoms with E-state index in [1.54, 1.807) is 7.11 Å². The lowest BCUT2D eigenvalue weighted by Crippen LogP contribution is -2.41. The first-order valence-corrected chi connectivity index (χ1v) is 6.94. The zero-order valence-corrected chi connectivity index (χ0v) is 14.4. The number of carbonyl (C=O) groups is 1. The van der Waals surface area contributed by atoms with Crippen molar-refractivity contribution in [2.75, 3.05) is 53.0 Å². The topological polar surface area (TPSA) is 44.8 Å². The largest absolute Gasteiger partial charge is 0.383 e. The molecule has 1 fully saturated rings. The highest BCUT2D eigenvalue weighted by Gasteiger charge is 2.28. The molecule has 0 spiro atoms. The molecular weight excluding hydrogens is 301 g/mol. The highest BCUT2D eigenvalue weighted by Crippen LogP contribution is 2.15. The molecule has 20 heavy (non-hydrogen) atoms. The molecule has 1 aliphatic rings. The van der Waals surface area contributed by atoms with E-state index in [0.29, 0.717) is 19.2 Å². The van der Waals surface area contributed by atoms with Gasteiger partial charge in [0.2, 0.25) is 5.91 Å². The van der Waals surface area contributed by atoms with Crippen LogP contribution in [0.5, 0.6) is 0 Å². The Morgan fingerprint density at radius 2 is 2.00 bits per heavy atom.